The van der Waals surface area contributed by atoms with Crippen LogP contribution < -0.4 is 0 Å². The monoisotopic (exact) mass is 160 g/mol. The summed E-state index contributed by atoms with van der Waals surface area (Å²) in [6.07, 6.45) is 3.44. The zero-order chi connectivity index (χ0) is 8.55. The third-order valence-corrected chi connectivity index (χ3v) is 2.45. The second kappa shape index (κ2) is 2.76. The largest absolute Gasteiger partial charge is 0.388 e. The van der Waals surface area contributed by atoms with E-state index in [4.69, 9.17) is 0 Å². The summed E-state index contributed by atoms with van der Waals surface area (Å²) in [5.74, 6) is 0. The van der Waals surface area contributed by atoms with Crippen molar-refractivity contribution in [2.45, 2.75) is 18.9 Å². The molecule has 1 heteroatoms. The molecule has 0 aromatic heterocycles. The Morgan fingerprint density at radius 1 is 1.50 bits per heavy atom. The van der Waals surface area contributed by atoms with E-state index >= 15 is 0 Å². The average molecular weight is 160 g/mol. The van der Waals surface area contributed by atoms with Crippen molar-refractivity contribution in [2.75, 3.05) is 0 Å². The van der Waals surface area contributed by atoms with E-state index in [1.165, 1.54) is 5.56 Å². The van der Waals surface area contributed by atoms with Crippen LogP contribution in [0.3, 0.4) is 0 Å². The second-order valence-electron chi connectivity index (χ2n) is 3.22. The van der Waals surface area contributed by atoms with Gasteiger partial charge in [-0.25, -0.2) is 0 Å². The highest BCUT2D eigenvalue weighted by atomic mass is 16.3. The maximum absolute atomic E-state index is 9.57. The molecule has 1 atom stereocenters. The van der Waals surface area contributed by atoms with Gasteiger partial charge in [-0.1, -0.05) is 24.8 Å². The molecule has 0 radical (unpaired) electrons. The van der Waals surface area contributed by atoms with E-state index in [0.717, 1.165) is 24.0 Å². The fourth-order valence-electron chi connectivity index (χ4n) is 1.73. The molecule has 1 aliphatic rings. The molecular formula is C11H12O. The van der Waals surface area contributed by atoms with Crippen LogP contribution in [-0.4, -0.2) is 5.11 Å². The van der Waals surface area contributed by atoms with Crippen LogP contribution in [0, 0.1) is 0 Å². The van der Waals surface area contributed by atoms with Crippen molar-refractivity contribution < 1.29 is 5.11 Å². The average Bonchev–Trinajstić information content (AvgIpc) is 2.47. The van der Waals surface area contributed by atoms with Crippen LogP contribution in [-0.2, 0) is 6.42 Å². The highest BCUT2D eigenvalue weighted by molar-refractivity contribution is 5.51. The Kier molecular flexibility index (Phi) is 1.74. The molecule has 1 unspecified atom stereocenters. The fraction of sp³-hybridized carbons (Fsp3) is 0.273. The number of hydrogen-bond donors (Lipinski definition) is 1. The van der Waals surface area contributed by atoms with E-state index in [1.54, 1.807) is 0 Å². The summed E-state index contributed by atoms with van der Waals surface area (Å²) >= 11 is 0. The molecule has 1 aromatic carbocycles. The van der Waals surface area contributed by atoms with Gasteiger partial charge in [0.15, 0.2) is 0 Å². The minimum atomic E-state index is -0.250. The molecule has 2 rings (SSSR count). The fourth-order valence-corrected chi connectivity index (χ4v) is 1.73. The number of aliphatic hydroxyl groups excluding tert-OH is 1. The van der Waals surface area contributed by atoms with Gasteiger partial charge in [-0.15, -0.1) is 0 Å². The Bertz CT molecular complexity index is 315. The first-order valence-corrected chi connectivity index (χ1v) is 4.24. The van der Waals surface area contributed by atoms with Crippen molar-refractivity contribution in [3.63, 3.8) is 0 Å². The van der Waals surface area contributed by atoms with Gasteiger partial charge in [0.25, 0.3) is 0 Å². The van der Waals surface area contributed by atoms with Gasteiger partial charge in [-0.05, 0) is 35.6 Å². The molecule has 0 saturated heterocycles. The normalized spacial score (nSPS) is 20.6. The van der Waals surface area contributed by atoms with Crippen LogP contribution in [0.1, 0.15) is 29.2 Å². The molecular weight excluding hydrogens is 148 g/mol. The predicted octanol–water partition coefficient (Wildman–Crippen LogP) is 2.31. The Morgan fingerprint density at radius 2 is 2.33 bits per heavy atom. The summed E-state index contributed by atoms with van der Waals surface area (Å²) in [6.45, 7) is 3.70. The van der Waals surface area contributed by atoms with Gasteiger partial charge >= 0.3 is 0 Å². The lowest BCUT2D eigenvalue weighted by Crippen LogP contribution is -1.90. The molecule has 12 heavy (non-hydrogen) atoms. The summed E-state index contributed by atoms with van der Waals surface area (Å²) in [5.41, 5.74) is 3.47. The van der Waals surface area contributed by atoms with Crippen LogP contribution in [0.2, 0.25) is 0 Å². The molecule has 1 N–H and O–H groups in total. The number of hydrogen-bond acceptors (Lipinski definition) is 1. The third kappa shape index (κ3) is 1.07. The van der Waals surface area contributed by atoms with Crippen LogP contribution >= 0.6 is 0 Å². The van der Waals surface area contributed by atoms with Crippen molar-refractivity contribution in [2.24, 2.45) is 0 Å². The lowest BCUT2D eigenvalue weighted by Gasteiger charge is -2.04. The highest BCUT2D eigenvalue weighted by Gasteiger charge is 2.19. The van der Waals surface area contributed by atoms with E-state index in [9.17, 15) is 5.11 Å². The van der Waals surface area contributed by atoms with Gasteiger partial charge in [0, 0.05) is 0 Å². The van der Waals surface area contributed by atoms with E-state index in [0.29, 0.717) is 0 Å². The standard InChI is InChI=1S/C11H12O/c1-2-8-3-4-9-5-6-11(12)10(9)7-8/h2-4,7,11-12H,1,5-6H2. The number of benzene rings is 1. The van der Waals surface area contributed by atoms with Crippen molar-refractivity contribution in [1.29, 1.82) is 0 Å². The number of aliphatic hydroxyl groups is 1. The summed E-state index contributed by atoms with van der Waals surface area (Å²) in [4.78, 5) is 0. The summed E-state index contributed by atoms with van der Waals surface area (Å²) in [5, 5.41) is 9.57. The maximum atomic E-state index is 9.57. The molecule has 0 aliphatic heterocycles. The van der Waals surface area contributed by atoms with Crippen LogP contribution in [0.4, 0.5) is 0 Å². The van der Waals surface area contributed by atoms with Crippen molar-refractivity contribution >= 4 is 6.08 Å². The van der Waals surface area contributed by atoms with Gasteiger partial charge < -0.3 is 5.11 Å². The van der Waals surface area contributed by atoms with Crippen LogP contribution in [0.25, 0.3) is 6.08 Å². The molecule has 0 saturated carbocycles. The van der Waals surface area contributed by atoms with Gasteiger partial charge in [0.05, 0.1) is 6.10 Å². The quantitative estimate of drug-likeness (QED) is 0.668. The van der Waals surface area contributed by atoms with Crippen LogP contribution in [0.5, 0.6) is 0 Å². The van der Waals surface area contributed by atoms with Crippen molar-refractivity contribution in [1.82, 2.24) is 0 Å². The molecule has 1 aliphatic carbocycles. The topological polar surface area (TPSA) is 20.2 Å². The first-order chi connectivity index (χ1) is 5.81. The van der Waals surface area contributed by atoms with Gasteiger partial charge in [0.1, 0.15) is 0 Å². The maximum Gasteiger partial charge on any atom is 0.0796 e. The second-order valence-corrected chi connectivity index (χ2v) is 3.22. The first kappa shape index (κ1) is 7.56. The van der Waals surface area contributed by atoms with Crippen molar-refractivity contribution in [3.8, 4) is 0 Å². The Morgan fingerprint density at radius 3 is 3.08 bits per heavy atom. The van der Waals surface area contributed by atoms with Crippen molar-refractivity contribution in [3.05, 3.63) is 41.5 Å². The molecule has 0 heterocycles. The molecule has 0 bridgehead atoms. The smallest absolute Gasteiger partial charge is 0.0796 e. The molecule has 0 amide bonds. The number of rotatable bonds is 1. The summed E-state index contributed by atoms with van der Waals surface area (Å²) in [7, 11) is 0. The minimum Gasteiger partial charge on any atom is -0.388 e. The first-order valence-electron chi connectivity index (χ1n) is 4.24. The Balaban J connectivity index is 2.50. The molecule has 1 aromatic rings. The molecule has 62 valence electrons. The highest BCUT2D eigenvalue weighted by Crippen LogP contribution is 2.31. The zero-order valence-electron chi connectivity index (χ0n) is 6.96. The summed E-state index contributed by atoms with van der Waals surface area (Å²) in [6, 6.07) is 6.16. The SMILES string of the molecule is C=Cc1ccc2c(c1)C(O)CC2. The van der Waals surface area contributed by atoms with Gasteiger partial charge in [0.2, 0.25) is 0 Å². The third-order valence-electron chi connectivity index (χ3n) is 2.45. The van der Waals surface area contributed by atoms with E-state index in [1.807, 2.05) is 18.2 Å². The van der Waals surface area contributed by atoms with Gasteiger partial charge in [-0.3, -0.25) is 0 Å². The number of fused-ring (bicyclic) bond motifs is 1. The lowest BCUT2D eigenvalue weighted by molar-refractivity contribution is 0.180. The van der Waals surface area contributed by atoms with Gasteiger partial charge in [-0.2, -0.15) is 0 Å². The van der Waals surface area contributed by atoms with Crippen LogP contribution in [0.15, 0.2) is 24.8 Å². The minimum absolute atomic E-state index is 0.250. The molecule has 0 spiro atoms. The number of aryl methyl sites for hydroxylation is 1. The Hall–Kier alpha value is -1.08. The molecule has 1 nitrogen and oxygen atoms in total. The zero-order valence-corrected chi connectivity index (χ0v) is 6.96. The van der Waals surface area contributed by atoms with E-state index in [2.05, 4.69) is 12.6 Å². The predicted molar refractivity (Wildman–Crippen MR) is 49.8 cm³/mol. The lowest BCUT2D eigenvalue weighted by atomic mass is 10.1. The van der Waals surface area contributed by atoms with E-state index < -0.39 is 0 Å². The summed E-state index contributed by atoms with van der Waals surface area (Å²) < 4.78 is 0. The van der Waals surface area contributed by atoms with E-state index in [-0.39, 0.29) is 6.10 Å². The Labute approximate surface area is 72.4 Å². The molecule has 0 fully saturated rings.